The van der Waals surface area contributed by atoms with Crippen molar-refractivity contribution in [2.75, 3.05) is 0 Å². The highest BCUT2D eigenvalue weighted by molar-refractivity contribution is 6.34. The normalized spacial score (nSPS) is 14.5. The molecule has 0 aromatic heterocycles. The van der Waals surface area contributed by atoms with Gasteiger partial charge < -0.3 is 0 Å². The van der Waals surface area contributed by atoms with E-state index in [4.69, 9.17) is 0 Å². The molecule has 2 rings (SSSR count). The maximum atomic E-state index is 13.0. The molecule has 1 N–H and O–H groups in total. The van der Waals surface area contributed by atoms with Crippen molar-refractivity contribution in [1.82, 2.24) is 5.32 Å². The Labute approximate surface area is 93.9 Å². The molecule has 1 aromatic rings. The van der Waals surface area contributed by atoms with Crippen LogP contribution in [0, 0.1) is 15.9 Å². The molecule has 0 bridgehead atoms. The molecular formula is C10H5FN2O4. The largest absolute Gasteiger partial charge is 0.289 e. The van der Waals surface area contributed by atoms with E-state index in [1.54, 1.807) is 0 Å². The first-order valence-electron chi connectivity index (χ1n) is 4.50. The predicted molar refractivity (Wildman–Crippen MR) is 54.2 cm³/mol. The van der Waals surface area contributed by atoms with Crippen molar-refractivity contribution >= 4 is 23.1 Å². The first kappa shape index (κ1) is 10.9. The van der Waals surface area contributed by atoms with Crippen LogP contribution in [0.1, 0.15) is 5.56 Å². The second kappa shape index (κ2) is 3.78. The second-order valence-corrected chi connectivity index (χ2v) is 3.29. The van der Waals surface area contributed by atoms with Gasteiger partial charge in [0.1, 0.15) is 5.82 Å². The Balaban J connectivity index is 2.62. The van der Waals surface area contributed by atoms with Gasteiger partial charge in [-0.1, -0.05) is 0 Å². The van der Waals surface area contributed by atoms with E-state index < -0.39 is 28.2 Å². The molecule has 1 aliphatic rings. The number of hydrogen-bond acceptors (Lipinski definition) is 4. The first-order valence-corrected chi connectivity index (χ1v) is 4.50. The highest BCUT2D eigenvalue weighted by Gasteiger charge is 2.28. The van der Waals surface area contributed by atoms with Gasteiger partial charge >= 0.3 is 0 Å². The van der Waals surface area contributed by atoms with Crippen LogP contribution < -0.4 is 5.32 Å². The first-order chi connectivity index (χ1) is 7.99. The predicted octanol–water partition coefficient (Wildman–Crippen LogP) is 0.774. The summed E-state index contributed by atoms with van der Waals surface area (Å²) in [6.07, 6.45) is 0.907. The van der Waals surface area contributed by atoms with Crippen molar-refractivity contribution in [3.63, 3.8) is 0 Å². The van der Waals surface area contributed by atoms with Gasteiger partial charge in [0, 0.05) is 12.1 Å². The Morgan fingerprint density at radius 1 is 1.29 bits per heavy atom. The smallest absolute Gasteiger partial charge is 0.277 e. The van der Waals surface area contributed by atoms with Crippen molar-refractivity contribution in [3.05, 3.63) is 45.8 Å². The van der Waals surface area contributed by atoms with Crippen molar-refractivity contribution in [2.24, 2.45) is 0 Å². The molecule has 6 nitrogen and oxygen atoms in total. The van der Waals surface area contributed by atoms with E-state index in [1.807, 2.05) is 5.32 Å². The Kier molecular flexibility index (Phi) is 2.43. The maximum Gasteiger partial charge on any atom is 0.277 e. The summed E-state index contributed by atoms with van der Waals surface area (Å²) in [5.41, 5.74) is -0.845. The highest BCUT2D eigenvalue weighted by Crippen LogP contribution is 2.28. The lowest BCUT2D eigenvalue weighted by Gasteiger charge is -2.02. The fourth-order valence-electron chi connectivity index (χ4n) is 1.50. The molecule has 0 radical (unpaired) electrons. The van der Waals surface area contributed by atoms with Crippen LogP contribution in [0.2, 0.25) is 0 Å². The average molecular weight is 236 g/mol. The summed E-state index contributed by atoms with van der Waals surface area (Å²) < 4.78 is 13.0. The standard InChI is InChI=1S/C10H5FN2O4/c11-5-1-2-8(13(16)17)6(3-5)7-4-9(14)12-10(7)15/h1-4H,(H,12,14,15). The molecule has 86 valence electrons. The number of halogens is 1. The number of carbonyl (C=O) groups excluding carboxylic acids is 2. The number of nitro groups is 1. The zero-order chi connectivity index (χ0) is 12.6. The monoisotopic (exact) mass is 236 g/mol. The summed E-state index contributed by atoms with van der Waals surface area (Å²) in [4.78, 5) is 32.2. The average Bonchev–Trinajstić information content (AvgIpc) is 2.57. The molecule has 7 heteroatoms. The van der Waals surface area contributed by atoms with E-state index in [0.717, 1.165) is 24.3 Å². The van der Waals surface area contributed by atoms with Crippen LogP contribution in [0.3, 0.4) is 0 Å². The van der Waals surface area contributed by atoms with E-state index in [9.17, 15) is 24.1 Å². The molecule has 0 aliphatic carbocycles. The molecule has 0 saturated heterocycles. The van der Waals surface area contributed by atoms with Crippen LogP contribution in [0.5, 0.6) is 0 Å². The fourth-order valence-corrected chi connectivity index (χ4v) is 1.50. The number of benzene rings is 1. The number of rotatable bonds is 2. The minimum atomic E-state index is -0.774. The van der Waals surface area contributed by atoms with Gasteiger partial charge in [0.2, 0.25) is 0 Å². The summed E-state index contributed by atoms with van der Waals surface area (Å²) >= 11 is 0. The SMILES string of the molecule is O=C1C=C(c2cc(F)ccc2[N+](=O)[O-])C(=O)N1. The van der Waals surface area contributed by atoms with E-state index in [0.29, 0.717) is 0 Å². The fraction of sp³-hybridized carbons (Fsp3) is 0. The van der Waals surface area contributed by atoms with Gasteiger partial charge in [-0.05, 0) is 12.1 Å². The van der Waals surface area contributed by atoms with Crippen molar-refractivity contribution in [1.29, 1.82) is 0 Å². The van der Waals surface area contributed by atoms with Gasteiger partial charge in [-0.15, -0.1) is 0 Å². The van der Waals surface area contributed by atoms with Crippen LogP contribution in [-0.4, -0.2) is 16.7 Å². The lowest BCUT2D eigenvalue weighted by atomic mass is 10.0. The lowest BCUT2D eigenvalue weighted by Crippen LogP contribution is -2.22. The Hall–Kier alpha value is -2.57. The topological polar surface area (TPSA) is 89.3 Å². The number of amides is 2. The molecule has 0 unspecified atom stereocenters. The summed E-state index contributed by atoms with van der Waals surface area (Å²) in [5, 5.41) is 12.7. The number of nitrogens with one attached hydrogen (secondary N) is 1. The molecule has 17 heavy (non-hydrogen) atoms. The highest BCUT2D eigenvalue weighted by atomic mass is 19.1. The zero-order valence-corrected chi connectivity index (χ0v) is 8.27. The van der Waals surface area contributed by atoms with Crippen LogP contribution >= 0.6 is 0 Å². The Morgan fingerprint density at radius 3 is 2.53 bits per heavy atom. The van der Waals surface area contributed by atoms with Crippen molar-refractivity contribution < 1.29 is 18.9 Å². The summed E-state index contributed by atoms with van der Waals surface area (Å²) in [5.74, 6) is -2.18. The van der Waals surface area contributed by atoms with Crippen molar-refractivity contribution in [3.8, 4) is 0 Å². The maximum absolute atomic E-state index is 13.0. The molecule has 0 saturated carbocycles. The molecular weight excluding hydrogens is 231 g/mol. The number of nitro benzene ring substituents is 1. The van der Waals surface area contributed by atoms with Gasteiger partial charge in [0.05, 0.1) is 16.1 Å². The van der Waals surface area contributed by atoms with E-state index >= 15 is 0 Å². The number of carbonyl (C=O) groups is 2. The number of imide groups is 1. The Bertz CT molecular complexity index is 580. The van der Waals surface area contributed by atoms with Crippen LogP contribution in [0.4, 0.5) is 10.1 Å². The third kappa shape index (κ3) is 1.89. The minimum Gasteiger partial charge on any atom is -0.289 e. The molecule has 2 amide bonds. The van der Waals surface area contributed by atoms with Gasteiger partial charge in [-0.2, -0.15) is 0 Å². The molecule has 1 aromatic carbocycles. The van der Waals surface area contributed by atoms with E-state index in [2.05, 4.69) is 0 Å². The third-order valence-corrected chi connectivity index (χ3v) is 2.20. The molecule has 0 atom stereocenters. The van der Waals surface area contributed by atoms with Crippen LogP contribution in [0.25, 0.3) is 5.57 Å². The zero-order valence-electron chi connectivity index (χ0n) is 8.27. The van der Waals surface area contributed by atoms with Crippen LogP contribution in [-0.2, 0) is 9.59 Å². The second-order valence-electron chi connectivity index (χ2n) is 3.29. The van der Waals surface area contributed by atoms with Gasteiger partial charge in [0.15, 0.2) is 0 Å². The van der Waals surface area contributed by atoms with E-state index in [-0.39, 0.29) is 11.1 Å². The van der Waals surface area contributed by atoms with Gasteiger partial charge in [-0.3, -0.25) is 25.0 Å². The number of nitrogens with zero attached hydrogens (tertiary/aromatic N) is 1. The summed E-state index contributed by atoms with van der Waals surface area (Å²) in [6, 6.07) is 2.71. The Morgan fingerprint density at radius 2 is 2.00 bits per heavy atom. The quantitative estimate of drug-likeness (QED) is 0.466. The van der Waals surface area contributed by atoms with Crippen LogP contribution in [0.15, 0.2) is 24.3 Å². The van der Waals surface area contributed by atoms with Crippen molar-refractivity contribution in [2.45, 2.75) is 0 Å². The number of hydrogen-bond donors (Lipinski definition) is 1. The van der Waals surface area contributed by atoms with Gasteiger partial charge in [-0.25, -0.2) is 4.39 Å². The summed E-state index contributed by atoms with van der Waals surface area (Å²) in [7, 11) is 0. The molecule has 1 aliphatic heterocycles. The van der Waals surface area contributed by atoms with E-state index in [1.165, 1.54) is 0 Å². The lowest BCUT2D eigenvalue weighted by molar-refractivity contribution is -0.385. The third-order valence-electron chi connectivity index (χ3n) is 2.20. The molecule has 0 spiro atoms. The van der Waals surface area contributed by atoms with Gasteiger partial charge in [0.25, 0.3) is 17.5 Å². The molecule has 1 heterocycles. The summed E-state index contributed by atoms with van der Waals surface area (Å²) in [6.45, 7) is 0. The minimum absolute atomic E-state index is 0.207. The molecule has 0 fully saturated rings.